The van der Waals surface area contributed by atoms with Crippen LogP contribution in [0.2, 0.25) is 25.2 Å². The second-order valence-electron chi connectivity index (χ2n) is 7.76. The van der Waals surface area contributed by atoms with Crippen molar-refractivity contribution >= 4 is 31.5 Å². The molecule has 0 spiro atoms. The predicted molar refractivity (Wildman–Crippen MR) is 95.9 cm³/mol. The van der Waals surface area contributed by atoms with Crippen LogP contribution in [0.15, 0.2) is 24.3 Å². The molecular formula is C18H25NO4Si. The maximum Gasteiger partial charge on any atom is 0.335 e. The van der Waals surface area contributed by atoms with Crippen LogP contribution in [0.3, 0.4) is 0 Å². The number of hydrogen-bond acceptors (Lipinski definition) is 3. The molecule has 24 heavy (non-hydrogen) atoms. The minimum absolute atomic E-state index is 0.134. The van der Waals surface area contributed by atoms with Gasteiger partial charge < -0.3 is 5.11 Å². The first-order valence-corrected chi connectivity index (χ1v) is 11.8. The quantitative estimate of drug-likeness (QED) is 0.652. The minimum Gasteiger partial charge on any atom is -0.478 e. The highest BCUT2D eigenvalue weighted by atomic mass is 28.3. The molecule has 130 valence electrons. The molecule has 5 nitrogen and oxygen atoms in total. The Balaban J connectivity index is 2.25. The van der Waals surface area contributed by atoms with Crippen molar-refractivity contribution in [3.63, 3.8) is 0 Å². The topological polar surface area (TPSA) is 74.7 Å². The SMILES string of the molecule is CC1C(=O)N(c2ccc(C(=O)O)cc2)C(=O)C1CC(C)[Si](C)(C)C. The first-order chi connectivity index (χ1) is 11.0. The van der Waals surface area contributed by atoms with Gasteiger partial charge >= 0.3 is 5.97 Å². The van der Waals surface area contributed by atoms with Crippen LogP contribution in [0.1, 0.15) is 30.6 Å². The number of aromatic carboxylic acids is 1. The molecule has 1 aliphatic rings. The molecule has 0 saturated carbocycles. The van der Waals surface area contributed by atoms with Crippen molar-refractivity contribution in [3.8, 4) is 0 Å². The number of nitrogens with zero attached hydrogens (tertiary/aromatic N) is 1. The third kappa shape index (κ3) is 3.43. The van der Waals surface area contributed by atoms with Crippen molar-refractivity contribution < 1.29 is 19.5 Å². The second kappa shape index (κ2) is 6.51. The Hall–Kier alpha value is -1.95. The van der Waals surface area contributed by atoms with Crippen molar-refractivity contribution in [2.45, 2.75) is 45.5 Å². The highest BCUT2D eigenvalue weighted by Gasteiger charge is 2.46. The standard InChI is InChI=1S/C18H25NO4Si/c1-11(24(3,4)5)10-15-12(2)16(20)19(17(15)21)14-8-6-13(7-9-14)18(22)23/h6-9,11-12,15H,10H2,1-5H3,(H,22,23). The summed E-state index contributed by atoms with van der Waals surface area (Å²) in [5.41, 5.74) is 1.02. The summed E-state index contributed by atoms with van der Waals surface area (Å²) >= 11 is 0. The number of anilines is 1. The largest absolute Gasteiger partial charge is 0.478 e. The molecule has 1 heterocycles. The molecule has 0 radical (unpaired) electrons. The fourth-order valence-electron chi connectivity index (χ4n) is 2.91. The van der Waals surface area contributed by atoms with E-state index in [2.05, 4.69) is 26.6 Å². The normalized spacial score (nSPS) is 22.8. The van der Waals surface area contributed by atoms with Gasteiger partial charge in [-0.2, -0.15) is 0 Å². The summed E-state index contributed by atoms with van der Waals surface area (Å²) in [6.07, 6.45) is 0.727. The number of hydrogen-bond donors (Lipinski definition) is 1. The summed E-state index contributed by atoms with van der Waals surface area (Å²) in [7, 11) is -1.38. The second-order valence-corrected chi connectivity index (χ2v) is 13.5. The third-order valence-electron chi connectivity index (χ3n) is 5.21. The summed E-state index contributed by atoms with van der Waals surface area (Å²) in [6, 6.07) is 5.88. The molecule has 1 aliphatic heterocycles. The molecule has 1 aromatic carbocycles. The van der Waals surface area contributed by atoms with E-state index in [1.54, 1.807) is 0 Å². The molecule has 0 aliphatic carbocycles. The number of carbonyl (C=O) groups excluding carboxylic acids is 2. The lowest BCUT2D eigenvalue weighted by molar-refractivity contribution is -0.122. The van der Waals surface area contributed by atoms with E-state index < -0.39 is 14.0 Å². The molecule has 6 heteroatoms. The van der Waals surface area contributed by atoms with Crippen LogP contribution in [0.25, 0.3) is 0 Å². The average molecular weight is 347 g/mol. The van der Waals surface area contributed by atoms with Gasteiger partial charge in [-0.15, -0.1) is 0 Å². The van der Waals surface area contributed by atoms with Gasteiger partial charge in [0.05, 0.1) is 17.2 Å². The zero-order valence-corrected chi connectivity index (χ0v) is 15.9. The van der Waals surface area contributed by atoms with E-state index in [4.69, 9.17) is 5.11 Å². The molecule has 1 fully saturated rings. The van der Waals surface area contributed by atoms with Crippen LogP contribution < -0.4 is 4.90 Å². The third-order valence-corrected chi connectivity index (χ3v) is 8.40. The zero-order chi connectivity index (χ0) is 18.2. The molecule has 3 atom stereocenters. The Morgan fingerprint density at radius 1 is 1.17 bits per heavy atom. The van der Waals surface area contributed by atoms with Crippen molar-refractivity contribution in [2.75, 3.05) is 4.90 Å². The molecule has 2 amide bonds. The van der Waals surface area contributed by atoms with Gasteiger partial charge in [-0.05, 0) is 36.2 Å². The molecule has 1 aromatic rings. The maximum atomic E-state index is 12.8. The van der Waals surface area contributed by atoms with Gasteiger partial charge in [0.2, 0.25) is 11.8 Å². The summed E-state index contributed by atoms with van der Waals surface area (Å²) in [4.78, 5) is 37.5. The smallest absolute Gasteiger partial charge is 0.335 e. The molecule has 0 aromatic heterocycles. The van der Waals surface area contributed by atoms with E-state index in [-0.39, 0.29) is 29.2 Å². The van der Waals surface area contributed by atoms with Gasteiger partial charge in [0, 0.05) is 14.0 Å². The van der Waals surface area contributed by atoms with Crippen LogP contribution in [-0.4, -0.2) is 31.0 Å². The van der Waals surface area contributed by atoms with Crippen molar-refractivity contribution in [3.05, 3.63) is 29.8 Å². The van der Waals surface area contributed by atoms with Crippen molar-refractivity contribution in [1.82, 2.24) is 0 Å². The lowest BCUT2D eigenvalue weighted by atomic mass is 9.92. The number of rotatable bonds is 5. The number of amides is 2. The number of carbonyl (C=O) groups is 3. The number of carboxylic acids is 1. The number of carboxylic acid groups (broad SMARTS) is 1. The monoisotopic (exact) mass is 347 g/mol. The van der Waals surface area contributed by atoms with Crippen molar-refractivity contribution in [1.29, 1.82) is 0 Å². The predicted octanol–water partition coefficient (Wildman–Crippen LogP) is 3.63. The molecule has 1 saturated heterocycles. The van der Waals surface area contributed by atoms with E-state index in [0.717, 1.165) is 6.42 Å². The highest BCUT2D eigenvalue weighted by molar-refractivity contribution is 6.77. The fourth-order valence-corrected chi connectivity index (χ4v) is 3.87. The molecule has 1 N–H and O–H groups in total. The van der Waals surface area contributed by atoms with Crippen LogP contribution >= 0.6 is 0 Å². The summed E-state index contributed by atoms with van der Waals surface area (Å²) in [5.74, 6) is -2.03. The van der Waals surface area contributed by atoms with E-state index in [0.29, 0.717) is 11.2 Å². The lowest BCUT2D eigenvalue weighted by Crippen LogP contribution is -2.32. The van der Waals surface area contributed by atoms with E-state index >= 15 is 0 Å². The van der Waals surface area contributed by atoms with Gasteiger partial charge in [-0.3, -0.25) is 14.5 Å². The summed E-state index contributed by atoms with van der Waals surface area (Å²) in [5, 5.41) is 8.96. The first kappa shape index (κ1) is 18.4. The molecule has 3 unspecified atom stereocenters. The molecule has 2 rings (SSSR count). The van der Waals surface area contributed by atoms with E-state index in [1.165, 1.54) is 29.2 Å². The zero-order valence-electron chi connectivity index (χ0n) is 14.9. The fraction of sp³-hybridized carbons (Fsp3) is 0.500. The van der Waals surface area contributed by atoms with Crippen LogP contribution in [0.4, 0.5) is 5.69 Å². The van der Waals surface area contributed by atoms with Gasteiger partial charge in [-0.25, -0.2) is 4.79 Å². The number of imide groups is 1. The Labute approximate surface area is 143 Å². The van der Waals surface area contributed by atoms with Gasteiger partial charge in [-0.1, -0.05) is 33.5 Å². The Morgan fingerprint density at radius 2 is 1.71 bits per heavy atom. The van der Waals surface area contributed by atoms with Gasteiger partial charge in [0.1, 0.15) is 0 Å². The van der Waals surface area contributed by atoms with Crippen LogP contribution in [-0.2, 0) is 9.59 Å². The minimum atomic E-state index is -1.38. The first-order valence-electron chi connectivity index (χ1n) is 8.25. The van der Waals surface area contributed by atoms with Crippen molar-refractivity contribution in [2.24, 2.45) is 11.8 Å². The van der Waals surface area contributed by atoms with Gasteiger partial charge in [0.15, 0.2) is 0 Å². The van der Waals surface area contributed by atoms with Gasteiger partial charge in [0.25, 0.3) is 0 Å². The summed E-state index contributed by atoms with van der Waals surface area (Å²) < 4.78 is 0. The lowest BCUT2D eigenvalue weighted by Gasteiger charge is -2.27. The summed E-state index contributed by atoms with van der Waals surface area (Å²) in [6.45, 7) is 10.8. The number of benzene rings is 1. The van der Waals surface area contributed by atoms with Crippen LogP contribution in [0.5, 0.6) is 0 Å². The van der Waals surface area contributed by atoms with E-state index in [1.807, 2.05) is 6.92 Å². The van der Waals surface area contributed by atoms with Crippen LogP contribution in [0, 0.1) is 11.8 Å². The maximum absolute atomic E-state index is 12.8. The van der Waals surface area contributed by atoms with E-state index in [9.17, 15) is 14.4 Å². The molecular weight excluding hydrogens is 322 g/mol. The molecule has 0 bridgehead atoms. The Bertz CT molecular complexity index is 663. The highest BCUT2D eigenvalue weighted by Crippen LogP contribution is 2.38. The Kier molecular flexibility index (Phi) is 4.99. The Morgan fingerprint density at radius 3 is 2.17 bits per heavy atom. The average Bonchev–Trinajstić information content (AvgIpc) is 2.70.